The summed E-state index contributed by atoms with van der Waals surface area (Å²) in [6.45, 7) is 2.05. The quantitative estimate of drug-likeness (QED) is 0.484. The van der Waals surface area contributed by atoms with Crippen LogP contribution in [0.3, 0.4) is 0 Å². The summed E-state index contributed by atoms with van der Waals surface area (Å²) in [6, 6.07) is 0. The van der Waals surface area contributed by atoms with Crippen molar-refractivity contribution in [1.82, 2.24) is 0 Å². The Morgan fingerprint density at radius 1 is 1.78 bits per heavy atom. The zero-order chi connectivity index (χ0) is 7.33. The highest BCUT2D eigenvalue weighted by molar-refractivity contribution is 7.81. The van der Waals surface area contributed by atoms with E-state index in [-0.39, 0.29) is 6.61 Å². The van der Waals surface area contributed by atoms with Gasteiger partial charge in [-0.15, -0.1) is 4.20 Å². The van der Waals surface area contributed by atoms with Crippen LogP contribution in [0.5, 0.6) is 0 Å². The Bertz CT molecular complexity index is 113. The third kappa shape index (κ3) is 8.41. The van der Waals surface area contributed by atoms with Crippen molar-refractivity contribution in [3.63, 3.8) is 0 Å². The predicted molar refractivity (Wildman–Crippen MR) is 35.4 cm³/mol. The molecule has 0 saturated heterocycles. The summed E-state index contributed by atoms with van der Waals surface area (Å²) in [7, 11) is -4.22. The van der Waals surface area contributed by atoms with Gasteiger partial charge in [-0.2, -0.15) is 0 Å². The number of rotatable bonds is 4. The van der Waals surface area contributed by atoms with Crippen molar-refractivity contribution in [3.8, 4) is 0 Å². The maximum Gasteiger partial charge on any atom is 0.461 e. The van der Waals surface area contributed by atoms with Gasteiger partial charge in [-0.05, 0) is 6.42 Å². The number of hydrogen-bond donors (Lipinski definition) is 0. The van der Waals surface area contributed by atoms with Crippen LogP contribution in [-0.2, 0) is 9.09 Å². The highest BCUT2D eigenvalue weighted by atomic mass is 35.7. The van der Waals surface area contributed by atoms with Crippen LogP contribution in [0.2, 0.25) is 0 Å². The van der Waals surface area contributed by atoms with Crippen molar-refractivity contribution in [1.29, 1.82) is 0 Å². The third-order valence-corrected chi connectivity index (χ3v) is 1.52. The normalized spacial score (nSPS) is 17.2. The molecule has 0 bridgehead atoms. The maximum absolute atomic E-state index is 11.8. The van der Waals surface area contributed by atoms with Crippen LogP contribution in [0.1, 0.15) is 19.8 Å². The van der Waals surface area contributed by atoms with Crippen molar-refractivity contribution in [2.75, 3.05) is 6.61 Å². The number of hydrogen-bond acceptors (Lipinski definition) is 2. The Morgan fingerprint density at radius 3 is 2.67 bits per heavy atom. The van der Waals surface area contributed by atoms with Crippen LogP contribution >= 0.6 is 18.3 Å². The minimum Gasteiger partial charge on any atom is -0.294 e. The van der Waals surface area contributed by atoms with E-state index in [0.717, 1.165) is 6.42 Å². The maximum atomic E-state index is 11.8. The fourth-order valence-electron chi connectivity index (χ4n) is 0.315. The fraction of sp³-hybridized carbons (Fsp3) is 1.00. The van der Waals surface area contributed by atoms with E-state index in [2.05, 4.69) is 15.8 Å². The lowest BCUT2D eigenvalue weighted by atomic mass is 10.4. The summed E-state index contributed by atoms with van der Waals surface area (Å²) in [5, 5.41) is 0. The Balaban J connectivity index is 3.18. The molecule has 0 spiro atoms. The average molecular weight is 175 g/mol. The van der Waals surface area contributed by atoms with Crippen molar-refractivity contribution < 1.29 is 13.3 Å². The molecular weight excluding hydrogens is 165 g/mol. The lowest BCUT2D eigenvalue weighted by molar-refractivity contribution is 0.293. The van der Waals surface area contributed by atoms with E-state index in [4.69, 9.17) is 0 Å². The molecule has 0 aliphatic heterocycles. The molecule has 0 fully saturated rings. The zero-order valence-electron chi connectivity index (χ0n) is 5.14. The molecule has 0 N–H and O–H groups in total. The lowest BCUT2D eigenvalue weighted by Crippen LogP contribution is -1.84. The molecule has 0 rings (SSSR count). The Kier molecular flexibility index (Phi) is 4.46. The molecule has 0 heterocycles. The highest BCUT2D eigenvalue weighted by Gasteiger charge is 2.15. The molecule has 0 aliphatic carbocycles. The molecule has 0 radical (unpaired) electrons. The van der Waals surface area contributed by atoms with Crippen LogP contribution in [0.25, 0.3) is 0 Å². The van der Waals surface area contributed by atoms with Crippen molar-refractivity contribution in [3.05, 3.63) is 0 Å². The van der Waals surface area contributed by atoms with Gasteiger partial charge < -0.3 is 0 Å². The van der Waals surface area contributed by atoms with Gasteiger partial charge in [0.15, 0.2) is 0 Å². The molecule has 1 unspecified atom stereocenters. The van der Waals surface area contributed by atoms with E-state index >= 15 is 0 Å². The minimum absolute atomic E-state index is 0.133. The monoisotopic (exact) mass is 174 g/mol. The molecule has 0 aromatic carbocycles. The lowest BCUT2D eigenvalue weighted by Gasteiger charge is -1.99. The second kappa shape index (κ2) is 4.26. The third-order valence-electron chi connectivity index (χ3n) is 0.739. The SMILES string of the molecule is CCCCOP(=O)(F)Cl. The molecule has 2 nitrogen and oxygen atoms in total. The summed E-state index contributed by atoms with van der Waals surface area (Å²) in [4.78, 5) is 0. The van der Waals surface area contributed by atoms with Crippen LogP contribution in [0.15, 0.2) is 0 Å². The molecule has 9 heavy (non-hydrogen) atoms. The first kappa shape index (κ1) is 9.41. The summed E-state index contributed by atoms with van der Waals surface area (Å²) in [5.41, 5.74) is 0. The highest BCUT2D eigenvalue weighted by Crippen LogP contribution is 2.53. The Labute approximate surface area is 58.7 Å². The van der Waals surface area contributed by atoms with Crippen LogP contribution in [0.4, 0.5) is 4.20 Å². The van der Waals surface area contributed by atoms with Crippen molar-refractivity contribution in [2.45, 2.75) is 19.8 Å². The molecule has 5 heteroatoms. The largest absolute Gasteiger partial charge is 0.461 e. The van der Waals surface area contributed by atoms with Crippen molar-refractivity contribution in [2.24, 2.45) is 0 Å². The van der Waals surface area contributed by atoms with E-state index in [1.165, 1.54) is 0 Å². The van der Waals surface area contributed by atoms with E-state index in [9.17, 15) is 8.76 Å². The van der Waals surface area contributed by atoms with Gasteiger partial charge >= 0.3 is 7.03 Å². The molecular formula is C4H9ClFO2P. The van der Waals surface area contributed by atoms with Gasteiger partial charge in [-0.25, -0.2) is 4.57 Å². The molecule has 0 aromatic rings. The smallest absolute Gasteiger partial charge is 0.294 e. The zero-order valence-corrected chi connectivity index (χ0v) is 6.79. The predicted octanol–water partition coefficient (Wildman–Crippen LogP) is 3.12. The first-order valence-electron chi connectivity index (χ1n) is 2.70. The number of halogens is 2. The molecule has 0 aliphatic rings. The van der Waals surface area contributed by atoms with Gasteiger partial charge in [0.2, 0.25) is 0 Å². The van der Waals surface area contributed by atoms with E-state index in [1.54, 1.807) is 0 Å². The first-order chi connectivity index (χ1) is 4.06. The molecule has 0 amide bonds. The summed E-state index contributed by atoms with van der Waals surface area (Å²) < 4.78 is 25.9. The van der Waals surface area contributed by atoms with Gasteiger partial charge in [-0.3, -0.25) is 4.52 Å². The Morgan fingerprint density at radius 2 is 2.33 bits per heavy atom. The minimum atomic E-state index is -4.22. The summed E-state index contributed by atoms with van der Waals surface area (Å²) >= 11 is 4.64. The second-order valence-electron chi connectivity index (χ2n) is 1.60. The summed E-state index contributed by atoms with van der Waals surface area (Å²) in [6.07, 6.45) is 1.55. The average Bonchev–Trinajstić information content (AvgIpc) is 1.63. The van der Waals surface area contributed by atoms with E-state index < -0.39 is 7.03 Å². The van der Waals surface area contributed by atoms with Crippen LogP contribution < -0.4 is 0 Å². The first-order valence-corrected chi connectivity index (χ1v) is 5.12. The van der Waals surface area contributed by atoms with Gasteiger partial charge in [0.05, 0.1) is 6.61 Å². The topological polar surface area (TPSA) is 26.3 Å². The summed E-state index contributed by atoms with van der Waals surface area (Å²) in [5.74, 6) is 0. The molecule has 56 valence electrons. The van der Waals surface area contributed by atoms with Crippen LogP contribution in [0, 0.1) is 0 Å². The van der Waals surface area contributed by atoms with Gasteiger partial charge in [0.25, 0.3) is 0 Å². The van der Waals surface area contributed by atoms with Crippen molar-refractivity contribution >= 4 is 18.3 Å². The molecule has 1 atom stereocenters. The fourth-order valence-corrected chi connectivity index (χ4v) is 0.864. The van der Waals surface area contributed by atoms with Crippen LogP contribution in [-0.4, -0.2) is 6.61 Å². The van der Waals surface area contributed by atoms with E-state index in [1.807, 2.05) is 6.92 Å². The molecule has 0 aromatic heterocycles. The molecule has 0 saturated carbocycles. The number of unbranched alkanes of at least 4 members (excludes halogenated alkanes) is 1. The van der Waals surface area contributed by atoms with Gasteiger partial charge in [0, 0.05) is 11.2 Å². The van der Waals surface area contributed by atoms with Gasteiger partial charge in [0.1, 0.15) is 0 Å². The van der Waals surface area contributed by atoms with Gasteiger partial charge in [-0.1, -0.05) is 13.3 Å². The standard InChI is InChI=1S/C4H9ClFO2P/c1-2-3-4-8-9(5,6)7/h2-4H2,1H3. The second-order valence-corrected chi connectivity index (χ2v) is 3.90. The Hall–Kier alpha value is 0.410. The van der Waals surface area contributed by atoms with E-state index in [0.29, 0.717) is 6.42 Å².